The highest BCUT2D eigenvalue weighted by Crippen LogP contribution is 2.26. The molecule has 3 aromatic rings. The number of rotatable bonds is 18. The minimum Gasteiger partial charge on any atom is -0.0654 e. The van der Waals surface area contributed by atoms with Crippen LogP contribution in [0.5, 0.6) is 0 Å². The Balaban J connectivity index is 1.85. The lowest BCUT2D eigenvalue weighted by Gasteiger charge is -2.14. The molecule has 38 heavy (non-hydrogen) atoms. The van der Waals surface area contributed by atoms with E-state index >= 15 is 0 Å². The summed E-state index contributed by atoms with van der Waals surface area (Å²) in [5.41, 5.74) is 8.33. The molecule has 0 N–H and O–H groups in total. The molecule has 0 aliphatic carbocycles. The summed E-state index contributed by atoms with van der Waals surface area (Å²) in [5.74, 6) is 0. The quantitative estimate of drug-likeness (QED) is 0.119. The Morgan fingerprint density at radius 1 is 0.421 bits per heavy atom. The van der Waals surface area contributed by atoms with E-state index in [0.717, 1.165) is 12.8 Å². The zero-order chi connectivity index (χ0) is 26.7. The van der Waals surface area contributed by atoms with Gasteiger partial charge in [0.05, 0.1) is 0 Å². The van der Waals surface area contributed by atoms with Crippen molar-refractivity contribution in [1.82, 2.24) is 0 Å². The monoisotopic (exact) mass is 506 g/mol. The SMILES string of the molecule is CCCCCCCCc1cc(/C=C/c2ccccc2)c(CCCCCCCC)cc1/C=C/c1ccccc1. The molecule has 0 amide bonds. The van der Waals surface area contributed by atoms with Gasteiger partial charge in [0, 0.05) is 0 Å². The molecule has 0 aliphatic heterocycles. The van der Waals surface area contributed by atoms with Crippen molar-refractivity contribution in [2.45, 2.75) is 104 Å². The van der Waals surface area contributed by atoms with Gasteiger partial charge in [-0.25, -0.2) is 0 Å². The number of unbranched alkanes of at least 4 members (excludes halogenated alkanes) is 10. The Morgan fingerprint density at radius 3 is 1.18 bits per heavy atom. The highest BCUT2D eigenvalue weighted by Gasteiger charge is 2.08. The van der Waals surface area contributed by atoms with Gasteiger partial charge in [0.25, 0.3) is 0 Å². The lowest BCUT2D eigenvalue weighted by molar-refractivity contribution is 0.605. The third-order valence-electron chi connectivity index (χ3n) is 7.51. The fourth-order valence-electron chi connectivity index (χ4n) is 5.16. The number of benzene rings is 3. The molecule has 0 radical (unpaired) electrons. The van der Waals surface area contributed by atoms with E-state index in [1.54, 1.807) is 0 Å². The van der Waals surface area contributed by atoms with E-state index < -0.39 is 0 Å². The first-order valence-electron chi connectivity index (χ1n) is 15.4. The Hall–Kier alpha value is -2.86. The van der Waals surface area contributed by atoms with E-state index in [1.807, 2.05) is 0 Å². The second-order valence-corrected chi connectivity index (χ2v) is 10.8. The maximum atomic E-state index is 2.50. The second-order valence-electron chi connectivity index (χ2n) is 10.8. The van der Waals surface area contributed by atoms with Crippen molar-refractivity contribution in [2.75, 3.05) is 0 Å². The summed E-state index contributed by atoms with van der Waals surface area (Å²) in [5, 5.41) is 0. The van der Waals surface area contributed by atoms with Crippen LogP contribution in [0.1, 0.15) is 124 Å². The normalized spacial score (nSPS) is 11.6. The zero-order valence-corrected chi connectivity index (χ0v) is 24.1. The minimum absolute atomic E-state index is 1.16. The highest BCUT2D eigenvalue weighted by molar-refractivity contribution is 5.76. The average Bonchev–Trinajstić information content (AvgIpc) is 2.96. The van der Waals surface area contributed by atoms with Crippen LogP contribution < -0.4 is 0 Å². The highest BCUT2D eigenvalue weighted by atomic mass is 14.1. The van der Waals surface area contributed by atoms with E-state index in [1.165, 1.54) is 110 Å². The average molecular weight is 507 g/mol. The molecule has 0 saturated heterocycles. The van der Waals surface area contributed by atoms with Crippen LogP contribution in [-0.4, -0.2) is 0 Å². The summed E-state index contributed by atoms with van der Waals surface area (Å²) in [6, 6.07) is 26.5. The maximum absolute atomic E-state index is 2.50. The molecule has 0 spiro atoms. The first-order valence-corrected chi connectivity index (χ1v) is 15.4. The van der Waals surface area contributed by atoms with E-state index in [9.17, 15) is 0 Å². The summed E-state index contributed by atoms with van der Waals surface area (Å²) in [7, 11) is 0. The minimum atomic E-state index is 1.16. The van der Waals surface area contributed by atoms with E-state index in [4.69, 9.17) is 0 Å². The third-order valence-corrected chi connectivity index (χ3v) is 7.51. The van der Waals surface area contributed by atoms with Crippen molar-refractivity contribution in [3.63, 3.8) is 0 Å². The number of hydrogen-bond donors (Lipinski definition) is 0. The van der Waals surface area contributed by atoms with Crippen LogP contribution in [0.25, 0.3) is 24.3 Å². The van der Waals surface area contributed by atoms with Crippen LogP contribution in [0.2, 0.25) is 0 Å². The molecule has 0 fully saturated rings. The van der Waals surface area contributed by atoms with Gasteiger partial charge in [0.1, 0.15) is 0 Å². The van der Waals surface area contributed by atoms with Gasteiger partial charge >= 0.3 is 0 Å². The van der Waals surface area contributed by atoms with Gasteiger partial charge in [-0.15, -0.1) is 0 Å². The number of hydrogen-bond acceptors (Lipinski definition) is 0. The van der Waals surface area contributed by atoms with Gasteiger partial charge in [0.15, 0.2) is 0 Å². The lowest BCUT2D eigenvalue weighted by atomic mass is 9.91. The fourth-order valence-corrected chi connectivity index (χ4v) is 5.16. The summed E-state index contributed by atoms with van der Waals surface area (Å²) in [6.07, 6.45) is 27.6. The Kier molecular flexibility index (Phi) is 14.4. The van der Waals surface area contributed by atoms with Gasteiger partial charge in [-0.1, -0.05) is 175 Å². The molecule has 3 rings (SSSR count). The molecular formula is C38H50. The first kappa shape index (κ1) is 29.7. The fraction of sp³-hybridized carbons (Fsp3) is 0.421. The van der Waals surface area contributed by atoms with E-state index in [2.05, 4.69) is 111 Å². The molecule has 0 aromatic heterocycles. The van der Waals surface area contributed by atoms with Crippen LogP contribution in [0.3, 0.4) is 0 Å². The van der Waals surface area contributed by atoms with Crippen molar-refractivity contribution in [3.05, 3.63) is 106 Å². The van der Waals surface area contributed by atoms with Gasteiger partial charge in [-0.2, -0.15) is 0 Å². The molecular weight excluding hydrogens is 456 g/mol. The summed E-state index contributed by atoms with van der Waals surface area (Å²) in [6.45, 7) is 4.59. The molecule has 0 bridgehead atoms. The molecule has 0 nitrogen and oxygen atoms in total. The third kappa shape index (κ3) is 11.3. The molecule has 0 aliphatic rings. The summed E-state index contributed by atoms with van der Waals surface area (Å²) in [4.78, 5) is 0. The van der Waals surface area contributed by atoms with Gasteiger partial charge in [0.2, 0.25) is 0 Å². The standard InChI is InChI=1S/C38H50/c1-3-5-7-9-11-19-25-35-31-38(30-28-34-23-17-14-18-24-34)36(26-20-12-10-8-6-4-2)32-37(35)29-27-33-21-15-13-16-22-33/h13-18,21-24,27-32H,3-12,19-20,25-26H2,1-2H3/b29-27+,30-28+. The maximum Gasteiger partial charge on any atom is -0.0221 e. The van der Waals surface area contributed by atoms with Crippen LogP contribution in [0, 0.1) is 0 Å². The molecule has 0 saturated carbocycles. The van der Waals surface area contributed by atoms with E-state index in [-0.39, 0.29) is 0 Å². The van der Waals surface area contributed by atoms with Crippen LogP contribution in [-0.2, 0) is 12.8 Å². The largest absolute Gasteiger partial charge is 0.0654 e. The van der Waals surface area contributed by atoms with Crippen LogP contribution in [0.4, 0.5) is 0 Å². The summed E-state index contributed by atoms with van der Waals surface area (Å²) >= 11 is 0. The molecule has 0 atom stereocenters. The van der Waals surface area contributed by atoms with Crippen molar-refractivity contribution in [2.24, 2.45) is 0 Å². The zero-order valence-electron chi connectivity index (χ0n) is 24.1. The second kappa shape index (κ2) is 18.4. The Labute approximate surface area is 233 Å². The van der Waals surface area contributed by atoms with Crippen LogP contribution in [0.15, 0.2) is 72.8 Å². The Morgan fingerprint density at radius 2 is 0.789 bits per heavy atom. The van der Waals surface area contributed by atoms with Crippen molar-refractivity contribution in [3.8, 4) is 0 Å². The molecule has 0 heterocycles. The van der Waals surface area contributed by atoms with Gasteiger partial charge in [-0.05, 0) is 59.1 Å². The van der Waals surface area contributed by atoms with E-state index in [0.29, 0.717) is 0 Å². The molecule has 0 unspecified atom stereocenters. The lowest BCUT2D eigenvalue weighted by Crippen LogP contribution is -1.98. The van der Waals surface area contributed by atoms with Crippen LogP contribution >= 0.6 is 0 Å². The predicted octanol–water partition coefficient (Wildman–Crippen LogP) is 11.8. The first-order chi connectivity index (χ1) is 18.8. The molecule has 0 heteroatoms. The summed E-state index contributed by atoms with van der Waals surface area (Å²) < 4.78 is 0. The van der Waals surface area contributed by atoms with Gasteiger partial charge < -0.3 is 0 Å². The topological polar surface area (TPSA) is 0 Å². The Bertz CT molecular complexity index is 983. The smallest absolute Gasteiger partial charge is 0.0221 e. The van der Waals surface area contributed by atoms with Crippen molar-refractivity contribution in [1.29, 1.82) is 0 Å². The van der Waals surface area contributed by atoms with Crippen molar-refractivity contribution < 1.29 is 0 Å². The van der Waals surface area contributed by atoms with Gasteiger partial charge in [-0.3, -0.25) is 0 Å². The van der Waals surface area contributed by atoms with Crippen molar-refractivity contribution >= 4 is 24.3 Å². The predicted molar refractivity (Wildman–Crippen MR) is 171 cm³/mol. The molecule has 3 aromatic carbocycles. The molecule has 202 valence electrons. The number of aryl methyl sites for hydroxylation is 2.